The van der Waals surface area contributed by atoms with Crippen molar-refractivity contribution >= 4 is 9.28 Å². The topological polar surface area (TPSA) is 27.7 Å². The lowest BCUT2D eigenvalue weighted by atomic mass is 9.77. The summed E-state index contributed by atoms with van der Waals surface area (Å²) in [6.07, 6.45) is 8.68. The Labute approximate surface area is 181 Å². The van der Waals surface area contributed by atoms with E-state index >= 15 is 0 Å². The molecule has 166 valence electrons. The van der Waals surface area contributed by atoms with E-state index in [0.717, 1.165) is 23.6 Å². The second-order valence-electron chi connectivity index (χ2n) is 9.53. The molecule has 2 rings (SSSR count). The van der Waals surface area contributed by atoms with E-state index in [4.69, 9.17) is 13.6 Å². The minimum Gasteiger partial charge on any atom is -0.493 e. The molecule has 29 heavy (non-hydrogen) atoms. The Morgan fingerprint density at radius 1 is 0.897 bits per heavy atom. The normalized spacial score (nSPS) is 21.1. The van der Waals surface area contributed by atoms with Crippen molar-refractivity contribution in [2.75, 3.05) is 6.61 Å². The standard InChI is InChI=1S/C25H44O3Si/c1-7-8-22-9-11-23(12-10-22)24-13-15-25(16-14-24)26-17-21(6)18-29(27-19(2)3)28-20(4)5/h13-16,19-23,29H,7-12,17-18H2,1-6H3. The van der Waals surface area contributed by atoms with Crippen molar-refractivity contribution in [3.63, 3.8) is 0 Å². The molecule has 0 aliphatic heterocycles. The van der Waals surface area contributed by atoms with Gasteiger partial charge in [-0.05, 0) is 94.9 Å². The maximum absolute atomic E-state index is 6.08. The molecule has 0 saturated heterocycles. The van der Waals surface area contributed by atoms with E-state index in [1.807, 2.05) is 0 Å². The average Bonchev–Trinajstić information content (AvgIpc) is 2.67. The number of hydrogen-bond acceptors (Lipinski definition) is 3. The highest BCUT2D eigenvalue weighted by molar-refractivity contribution is 6.44. The lowest BCUT2D eigenvalue weighted by molar-refractivity contribution is 0.124. The van der Waals surface area contributed by atoms with E-state index in [9.17, 15) is 0 Å². The maximum atomic E-state index is 6.08. The van der Waals surface area contributed by atoms with Gasteiger partial charge in [-0.1, -0.05) is 38.8 Å². The molecule has 0 N–H and O–H groups in total. The summed E-state index contributed by atoms with van der Waals surface area (Å²) in [5.74, 6) is 3.11. The summed E-state index contributed by atoms with van der Waals surface area (Å²) in [6.45, 7) is 13.6. The fraction of sp³-hybridized carbons (Fsp3) is 0.760. The van der Waals surface area contributed by atoms with Gasteiger partial charge in [0.15, 0.2) is 0 Å². The predicted molar refractivity (Wildman–Crippen MR) is 125 cm³/mol. The van der Waals surface area contributed by atoms with Crippen LogP contribution in [-0.4, -0.2) is 28.1 Å². The van der Waals surface area contributed by atoms with Gasteiger partial charge >= 0.3 is 9.28 Å². The predicted octanol–water partition coefficient (Wildman–Crippen LogP) is 6.85. The first-order valence-corrected chi connectivity index (χ1v) is 13.7. The Kier molecular flexibility index (Phi) is 10.7. The van der Waals surface area contributed by atoms with Gasteiger partial charge in [-0.15, -0.1) is 0 Å². The van der Waals surface area contributed by atoms with Crippen molar-refractivity contribution in [3.05, 3.63) is 29.8 Å². The molecule has 0 bridgehead atoms. The van der Waals surface area contributed by atoms with Gasteiger partial charge in [-0.3, -0.25) is 0 Å². The first kappa shape index (κ1) is 24.4. The number of rotatable bonds is 12. The largest absolute Gasteiger partial charge is 0.493 e. The summed E-state index contributed by atoms with van der Waals surface area (Å²) in [6, 6.07) is 9.86. The fourth-order valence-electron chi connectivity index (χ4n) is 4.41. The van der Waals surface area contributed by atoms with Crippen LogP contribution in [0.4, 0.5) is 0 Å². The summed E-state index contributed by atoms with van der Waals surface area (Å²) in [5.41, 5.74) is 1.49. The van der Waals surface area contributed by atoms with Crippen molar-refractivity contribution in [2.24, 2.45) is 11.8 Å². The third-order valence-electron chi connectivity index (χ3n) is 5.87. The third kappa shape index (κ3) is 9.23. The molecule has 1 unspecified atom stereocenters. The Morgan fingerprint density at radius 3 is 2.00 bits per heavy atom. The van der Waals surface area contributed by atoms with Crippen LogP contribution >= 0.6 is 0 Å². The summed E-state index contributed by atoms with van der Waals surface area (Å²) >= 11 is 0. The molecular formula is C25H44O3Si. The van der Waals surface area contributed by atoms with Crippen LogP contribution in [0.15, 0.2) is 24.3 Å². The summed E-state index contributed by atoms with van der Waals surface area (Å²) in [4.78, 5) is 0. The van der Waals surface area contributed by atoms with Crippen LogP contribution in [0.25, 0.3) is 0 Å². The van der Waals surface area contributed by atoms with Crippen LogP contribution in [-0.2, 0) is 8.85 Å². The van der Waals surface area contributed by atoms with Crippen molar-refractivity contribution < 1.29 is 13.6 Å². The molecule has 1 fully saturated rings. The molecule has 0 radical (unpaired) electrons. The quantitative estimate of drug-likeness (QED) is 0.346. The Hall–Kier alpha value is -0.843. The van der Waals surface area contributed by atoms with E-state index in [1.54, 1.807) is 0 Å². The Balaban J connectivity index is 1.77. The summed E-state index contributed by atoms with van der Waals surface area (Å²) < 4.78 is 18.2. The van der Waals surface area contributed by atoms with Crippen molar-refractivity contribution in [1.82, 2.24) is 0 Å². The first-order valence-electron chi connectivity index (χ1n) is 11.9. The molecule has 1 saturated carbocycles. The molecule has 1 aliphatic carbocycles. The second-order valence-corrected chi connectivity index (χ2v) is 11.4. The van der Waals surface area contributed by atoms with Crippen LogP contribution in [0.3, 0.4) is 0 Å². The Morgan fingerprint density at radius 2 is 1.48 bits per heavy atom. The van der Waals surface area contributed by atoms with Gasteiger partial charge in [0.25, 0.3) is 0 Å². The molecule has 1 atom stereocenters. The van der Waals surface area contributed by atoms with E-state index < -0.39 is 9.28 Å². The zero-order valence-electron chi connectivity index (χ0n) is 19.7. The van der Waals surface area contributed by atoms with Crippen molar-refractivity contribution in [2.45, 2.75) is 104 Å². The SMILES string of the molecule is CCCC1CCC(c2ccc(OCC(C)C[SiH](OC(C)C)OC(C)C)cc2)CC1. The molecular weight excluding hydrogens is 376 g/mol. The molecule has 3 nitrogen and oxygen atoms in total. The highest BCUT2D eigenvalue weighted by atomic mass is 28.3. The number of ether oxygens (including phenoxy) is 1. The van der Waals surface area contributed by atoms with E-state index in [0.29, 0.717) is 12.5 Å². The van der Waals surface area contributed by atoms with Gasteiger partial charge in [0.1, 0.15) is 5.75 Å². The second kappa shape index (κ2) is 12.8. The van der Waals surface area contributed by atoms with Gasteiger partial charge in [0.2, 0.25) is 0 Å². The monoisotopic (exact) mass is 420 g/mol. The van der Waals surface area contributed by atoms with Crippen LogP contribution < -0.4 is 4.74 Å². The third-order valence-corrected chi connectivity index (χ3v) is 8.76. The minimum absolute atomic E-state index is 0.225. The molecule has 0 amide bonds. The van der Waals surface area contributed by atoms with E-state index in [-0.39, 0.29) is 12.2 Å². The zero-order valence-corrected chi connectivity index (χ0v) is 20.8. The highest BCUT2D eigenvalue weighted by Crippen LogP contribution is 2.37. The molecule has 4 heteroatoms. The van der Waals surface area contributed by atoms with Crippen LogP contribution in [0.5, 0.6) is 5.75 Å². The lowest BCUT2D eigenvalue weighted by Crippen LogP contribution is -2.32. The minimum atomic E-state index is -1.65. The van der Waals surface area contributed by atoms with Crippen molar-refractivity contribution in [3.8, 4) is 5.75 Å². The lowest BCUT2D eigenvalue weighted by Gasteiger charge is -2.28. The van der Waals surface area contributed by atoms with Crippen LogP contribution in [0, 0.1) is 11.8 Å². The molecule has 0 spiro atoms. The number of benzene rings is 1. The smallest absolute Gasteiger partial charge is 0.322 e. The van der Waals surface area contributed by atoms with Gasteiger partial charge < -0.3 is 13.6 Å². The van der Waals surface area contributed by atoms with E-state index in [2.05, 4.69) is 65.8 Å². The first-order chi connectivity index (χ1) is 13.9. The average molecular weight is 421 g/mol. The van der Waals surface area contributed by atoms with Gasteiger partial charge in [-0.25, -0.2) is 0 Å². The Bertz CT molecular complexity index is 540. The molecule has 1 aromatic carbocycles. The van der Waals surface area contributed by atoms with Crippen LogP contribution in [0.2, 0.25) is 6.04 Å². The summed E-state index contributed by atoms with van der Waals surface area (Å²) in [7, 11) is -1.65. The van der Waals surface area contributed by atoms with Gasteiger partial charge in [0.05, 0.1) is 6.61 Å². The maximum Gasteiger partial charge on any atom is 0.322 e. The van der Waals surface area contributed by atoms with Gasteiger partial charge in [0, 0.05) is 12.2 Å². The molecule has 1 aliphatic rings. The van der Waals surface area contributed by atoms with Crippen LogP contribution in [0.1, 0.15) is 91.5 Å². The zero-order chi connectivity index (χ0) is 21.2. The molecule has 1 aromatic rings. The summed E-state index contributed by atoms with van der Waals surface area (Å²) in [5, 5.41) is 0. The molecule has 0 heterocycles. The number of hydrogen-bond donors (Lipinski definition) is 0. The van der Waals surface area contributed by atoms with Crippen molar-refractivity contribution in [1.29, 1.82) is 0 Å². The van der Waals surface area contributed by atoms with Gasteiger partial charge in [-0.2, -0.15) is 0 Å². The fourth-order valence-corrected chi connectivity index (χ4v) is 6.71. The highest BCUT2D eigenvalue weighted by Gasteiger charge is 2.22. The van der Waals surface area contributed by atoms with E-state index in [1.165, 1.54) is 44.1 Å². The molecule has 0 aromatic heterocycles.